The van der Waals surface area contributed by atoms with Gasteiger partial charge in [-0.15, -0.1) is 0 Å². The van der Waals surface area contributed by atoms with Crippen molar-refractivity contribution in [3.8, 4) is 11.8 Å². The van der Waals surface area contributed by atoms with Crippen molar-refractivity contribution in [1.29, 1.82) is 5.26 Å². The Kier molecular flexibility index (Phi) is 1.69. The number of nitrogens with two attached hydrogens (primary N) is 1. The van der Waals surface area contributed by atoms with Crippen LogP contribution in [0, 0.1) is 18.3 Å². The molecular formula is C8H8N2O. The van der Waals surface area contributed by atoms with E-state index >= 15 is 0 Å². The Balaban J connectivity index is 3.44. The molecule has 0 saturated carbocycles. The molecule has 0 spiro atoms. The summed E-state index contributed by atoms with van der Waals surface area (Å²) in [5, 5.41) is 17.7. The summed E-state index contributed by atoms with van der Waals surface area (Å²) in [4.78, 5) is 0. The number of nitriles is 1. The molecule has 0 fully saturated rings. The van der Waals surface area contributed by atoms with Gasteiger partial charge >= 0.3 is 0 Å². The van der Waals surface area contributed by atoms with Crippen molar-refractivity contribution < 1.29 is 5.11 Å². The van der Waals surface area contributed by atoms with E-state index in [4.69, 9.17) is 16.1 Å². The second-order valence-electron chi connectivity index (χ2n) is 2.29. The standard InChI is InChI=1S/C8H8N2O/c1-5-6(4-9)7(10)2-3-8(5)11/h2-3,11H,10H2,1H3. The van der Waals surface area contributed by atoms with Crippen LogP contribution in [0.2, 0.25) is 0 Å². The van der Waals surface area contributed by atoms with Crippen LogP contribution in [0.4, 0.5) is 5.69 Å². The number of anilines is 1. The van der Waals surface area contributed by atoms with Crippen LogP contribution in [0.1, 0.15) is 11.1 Å². The third-order valence-electron chi connectivity index (χ3n) is 1.58. The first-order valence-electron chi connectivity index (χ1n) is 3.15. The predicted molar refractivity (Wildman–Crippen MR) is 42.0 cm³/mol. The van der Waals surface area contributed by atoms with E-state index in [9.17, 15) is 0 Å². The zero-order valence-corrected chi connectivity index (χ0v) is 6.13. The molecule has 3 N–H and O–H groups in total. The largest absolute Gasteiger partial charge is 0.508 e. The first-order chi connectivity index (χ1) is 5.16. The third kappa shape index (κ3) is 1.10. The fraction of sp³-hybridized carbons (Fsp3) is 0.125. The van der Waals surface area contributed by atoms with Crippen LogP contribution >= 0.6 is 0 Å². The quantitative estimate of drug-likeness (QED) is 0.428. The van der Waals surface area contributed by atoms with E-state index < -0.39 is 0 Å². The number of hydrogen-bond acceptors (Lipinski definition) is 3. The van der Waals surface area contributed by atoms with E-state index in [-0.39, 0.29) is 5.75 Å². The normalized spacial score (nSPS) is 9.09. The lowest BCUT2D eigenvalue weighted by Crippen LogP contribution is -1.92. The van der Waals surface area contributed by atoms with E-state index in [1.807, 2.05) is 6.07 Å². The molecule has 3 heteroatoms. The maximum atomic E-state index is 9.15. The molecule has 0 heterocycles. The van der Waals surface area contributed by atoms with E-state index in [2.05, 4.69) is 0 Å². The van der Waals surface area contributed by atoms with E-state index in [1.165, 1.54) is 12.1 Å². The molecule has 0 aliphatic carbocycles. The zero-order valence-electron chi connectivity index (χ0n) is 6.13. The van der Waals surface area contributed by atoms with Gasteiger partial charge in [-0.3, -0.25) is 0 Å². The van der Waals surface area contributed by atoms with Gasteiger partial charge in [-0.2, -0.15) is 5.26 Å². The predicted octanol–water partition coefficient (Wildman–Crippen LogP) is 1.15. The summed E-state index contributed by atoms with van der Waals surface area (Å²) in [5.74, 6) is 0.107. The first kappa shape index (κ1) is 7.42. The minimum absolute atomic E-state index is 0.107. The minimum atomic E-state index is 0.107. The van der Waals surface area contributed by atoms with E-state index in [0.29, 0.717) is 16.8 Å². The Hall–Kier alpha value is -1.69. The van der Waals surface area contributed by atoms with Crippen LogP contribution in [0.15, 0.2) is 12.1 Å². The highest BCUT2D eigenvalue weighted by molar-refractivity contribution is 5.61. The highest BCUT2D eigenvalue weighted by Gasteiger charge is 2.05. The van der Waals surface area contributed by atoms with E-state index in [1.54, 1.807) is 6.92 Å². The van der Waals surface area contributed by atoms with Gasteiger partial charge < -0.3 is 10.8 Å². The SMILES string of the molecule is Cc1c(O)ccc(N)c1C#N. The van der Waals surface area contributed by atoms with Gasteiger partial charge in [0, 0.05) is 11.3 Å². The monoisotopic (exact) mass is 148 g/mol. The highest BCUT2D eigenvalue weighted by Crippen LogP contribution is 2.23. The van der Waals surface area contributed by atoms with Gasteiger partial charge in [-0.05, 0) is 19.1 Å². The molecule has 0 saturated heterocycles. The number of phenolic OH excluding ortho intramolecular Hbond substituents is 1. The molecule has 0 aromatic heterocycles. The molecule has 11 heavy (non-hydrogen) atoms. The molecule has 3 nitrogen and oxygen atoms in total. The second-order valence-corrected chi connectivity index (χ2v) is 2.29. The third-order valence-corrected chi connectivity index (χ3v) is 1.58. The number of phenols is 1. The minimum Gasteiger partial charge on any atom is -0.508 e. The molecule has 0 atom stereocenters. The Morgan fingerprint density at radius 2 is 2.18 bits per heavy atom. The summed E-state index contributed by atoms with van der Waals surface area (Å²) < 4.78 is 0. The number of hydrogen-bond donors (Lipinski definition) is 2. The number of nitrogen functional groups attached to an aromatic ring is 1. The molecule has 0 aliphatic heterocycles. The molecule has 1 rings (SSSR count). The number of benzene rings is 1. The van der Waals surface area contributed by atoms with Crippen LogP contribution in [0.25, 0.3) is 0 Å². The van der Waals surface area contributed by atoms with Gasteiger partial charge in [0.1, 0.15) is 11.8 Å². The topological polar surface area (TPSA) is 70.0 Å². The average molecular weight is 148 g/mol. The van der Waals surface area contributed by atoms with Gasteiger partial charge in [0.05, 0.1) is 5.56 Å². The van der Waals surface area contributed by atoms with Gasteiger partial charge in [0.2, 0.25) is 0 Å². The Labute approximate surface area is 64.7 Å². The van der Waals surface area contributed by atoms with Crippen molar-refractivity contribution >= 4 is 5.69 Å². The Morgan fingerprint density at radius 1 is 1.55 bits per heavy atom. The van der Waals surface area contributed by atoms with E-state index in [0.717, 1.165) is 0 Å². The number of nitrogens with zero attached hydrogens (tertiary/aromatic N) is 1. The van der Waals surface area contributed by atoms with Gasteiger partial charge in [0.15, 0.2) is 0 Å². The van der Waals surface area contributed by atoms with Gasteiger partial charge in [0.25, 0.3) is 0 Å². The van der Waals surface area contributed by atoms with Crippen LogP contribution in [-0.2, 0) is 0 Å². The van der Waals surface area contributed by atoms with Crippen molar-refractivity contribution in [2.24, 2.45) is 0 Å². The molecule has 0 radical (unpaired) electrons. The lowest BCUT2D eigenvalue weighted by Gasteiger charge is -2.02. The fourth-order valence-corrected chi connectivity index (χ4v) is 0.870. The molecule has 1 aromatic carbocycles. The van der Waals surface area contributed by atoms with Crippen molar-refractivity contribution in [2.45, 2.75) is 6.92 Å². The zero-order chi connectivity index (χ0) is 8.43. The van der Waals surface area contributed by atoms with Crippen LogP contribution in [0.5, 0.6) is 5.75 Å². The summed E-state index contributed by atoms with van der Waals surface area (Å²) in [7, 11) is 0. The van der Waals surface area contributed by atoms with Gasteiger partial charge in [-0.1, -0.05) is 0 Å². The molecule has 0 unspecified atom stereocenters. The molecule has 0 bridgehead atoms. The Bertz CT molecular complexity index is 326. The first-order valence-corrected chi connectivity index (χ1v) is 3.15. The van der Waals surface area contributed by atoms with Crippen molar-refractivity contribution in [1.82, 2.24) is 0 Å². The lowest BCUT2D eigenvalue weighted by molar-refractivity contribution is 0.471. The molecule has 56 valence electrons. The molecule has 0 aliphatic rings. The maximum Gasteiger partial charge on any atom is 0.119 e. The van der Waals surface area contributed by atoms with Crippen molar-refractivity contribution in [3.05, 3.63) is 23.3 Å². The highest BCUT2D eigenvalue weighted by atomic mass is 16.3. The van der Waals surface area contributed by atoms with Crippen molar-refractivity contribution in [2.75, 3.05) is 5.73 Å². The van der Waals surface area contributed by atoms with Crippen LogP contribution in [0.3, 0.4) is 0 Å². The number of rotatable bonds is 0. The summed E-state index contributed by atoms with van der Waals surface area (Å²) in [6, 6.07) is 4.91. The summed E-state index contributed by atoms with van der Waals surface area (Å²) in [6.45, 7) is 1.66. The molecular weight excluding hydrogens is 140 g/mol. The van der Waals surface area contributed by atoms with Crippen molar-refractivity contribution in [3.63, 3.8) is 0 Å². The average Bonchev–Trinajstić information content (AvgIpc) is 1.99. The summed E-state index contributed by atoms with van der Waals surface area (Å²) >= 11 is 0. The van der Waals surface area contributed by atoms with Gasteiger partial charge in [-0.25, -0.2) is 0 Å². The summed E-state index contributed by atoms with van der Waals surface area (Å²) in [5.41, 5.74) is 6.76. The maximum absolute atomic E-state index is 9.15. The number of aromatic hydroxyl groups is 1. The smallest absolute Gasteiger partial charge is 0.119 e. The Morgan fingerprint density at radius 3 is 2.64 bits per heavy atom. The molecule has 0 amide bonds. The summed E-state index contributed by atoms with van der Waals surface area (Å²) in [6.07, 6.45) is 0. The molecule has 1 aromatic rings. The lowest BCUT2D eigenvalue weighted by atomic mass is 10.1. The fourth-order valence-electron chi connectivity index (χ4n) is 0.870. The van der Waals surface area contributed by atoms with Crippen LogP contribution < -0.4 is 5.73 Å². The van der Waals surface area contributed by atoms with Crippen LogP contribution in [-0.4, -0.2) is 5.11 Å². The second kappa shape index (κ2) is 2.51.